The summed E-state index contributed by atoms with van der Waals surface area (Å²) in [5.74, 6) is -0.326. The Morgan fingerprint density at radius 1 is 1.10 bits per heavy atom. The van der Waals surface area contributed by atoms with E-state index in [-0.39, 0.29) is 12.4 Å². The molecular weight excluding hydrogens is 386 g/mol. The van der Waals surface area contributed by atoms with Crippen molar-refractivity contribution in [2.75, 3.05) is 26.4 Å². The van der Waals surface area contributed by atoms with Crippen molar-refractivity contribution in [3.05, 3.63) is 65.4 Å². The minimum atomic E-state index is -0.702. The predicted molar refractivity (Wildman–Crippen MR) is 112 cm³/mol. The topological polar surface area (TPSA) is 87.0 Å². The number of aryl methyl sites for hydroxylation is 1. The zero-order valence-corrected chi connectivity index (χ0v) is 17.1. The lowest BCUT2D eigenvalue weighted by atomic mass is 10.1. The number of amides is 1. The van der Waals surface area contributed by atoms with Crippen LogP contribution in [0.2, 0.25) is 0 Å². The summed E-state index contributed by atoms with van der Waals surface area (Å²) in [5, 5.41) is 3.44. The SMILES string of the molecule is CCOCc1c(C(=O)OCC(=O)NCCOc2cccc(C)c2)oc2ccccc12. The molecule has 0 fully saturated rings. The lowest BCUT2D eigenvalue weighted by molar-refractivity contribution is -0.124. The average molecular weight is 411 g/mol. The summed E-state index contributed by atoms with van der Waals surface area (Å²) >= 11 is 0. The number of ether oxygens (including phenoxy) is 3. The highest BCUT2D eigenvalue weighted by Crippen LogP contribution is 2.27. The smallest absolute Gasteiger partial charge is 0.375 e. The Kier molecular flexibility index (Phi) is 7.45. The number of esters is 1. The van der Waals surface area contributed by atoms with Crippen LogP contribution in [0.15, 0.2) is 52.9 Å². The molecule has 7 nitrogen and oxygen atoms in total. The second-order valence-corrected chi connectivity index (χ2v) is 6.63. The minimum absolute atomic E-state index is 0.0558. The van der Waals surface area contributed by atoms with E-state index in [4.69, 9.17) is 18.6 Å². The summed E-state index contributed by atoms with van der Waals surface area (Å²) in [4.78, 5) is 24.4. The molecular formula is C23H25NO6. The molecule has 7 heteroatoms. The Morgan fingerprint density at radius 2 is 1.93 bits per heavy atom. The zero-order valence-electron chi connectivity index (χ0n) is 17.1. The summed E-state index contributed by atoms with van der Waals surface area (Å²) in [6.07, 6.45) is 0. The molecule has 0 aliphatic carbocycles. The van der Waals surface area contributed by atoms with Crippen molar-refractivity contribution in [3.63, 3.8) is 0 Å². The summed E-state index contributed by atoms with van der Waals surface area (Å²) in [7, 11) is 0. The fourth-order valence-corrected chi connectivity index (χ4v) is 2.92. The first-order chi connectivity index (χ1) is 14.6. The van der Waals surface area contributed by atoms with E-state index in [9.17, 15) is 9.59 Å². The van der Waals surface area contributed by atoms with Gasteiger partial charge in [-0.3, -0.25) is 4.79 Å². The Bertz CT molecular complexity index is 1010. The van der Waals surface area contributed by atoms with Crippen molar-refractivity contribution in [1.82, 2.24) is 5.32 Å². The molecule has 0 atom stereocenters. The average Bonchev–Trinajstić information content (AvgIpc) is 3.12. The van der Waals surface area contributed by atoms with Gasteiger partial charge in [0.1, 0.15) is 17.9 Å². The van der Waals surface area contributed by atoms with Crippen molar-refractivity contribution in [2.24, 2.45) is 0 Å². The number of furan rings is 1. The van der Waals surface area contributed by atoms with E-state index < -0.39 is 18.5 Å². The van der Waals surface area contributed by atoms with Crippen LogP contribution >= 0.6 is 0 Å². The van der Waals surface area contributed by atoms with E-state index in [1.807, 2.05) is 56.3 Å². The number of fused-ring (bicyclic) bond motifs is 1. The predicted octanol–water partition coefficient (Wildman–Crippen LogP) is 3.63. The van der Waals surface area contributed by atoms with E-state index in [0.717, 1.165) is 16.7 Å². The highest BCUT2D eigenvalue weighted by atomic mass is 16.5. The van der Waals surface area contributed by atoms with Crippen LogP contribution < -0.4 is 10.1 Å². The number of nitrogens with one attached hydrogen (secondary N) is 1. The van der Waals surface area contributed by atoms with Gasteiger partial charge < -0.3 is 23.9 Å². The van der Waals surface area contributed by atoms with Crippen LogP contribution in [0.25, 0.3) is 11.0 Å². The van der Waals surface area contributed by atoms with Gasteiger partial charge >= 0.3 is 5.97 Å². The monoisotopic (exact) mass is 411 g/mol. The summed E-state index contributed by atoms with van der Waals surface area (Å²) in [6, 6.07) is 14.9. The van der Waals surface area contributed by atoms with Crippen LogP contribution in [0.5, 0.6) is 5.75 Å². The fourth-order valence-electron chi connectivity index (χ4n) is 2.92. The molecule has 1 amide bonds. The number of benzene rings is 2. The molecule has 0 spiro atoms. The number of hydrogen-bond donors (Lipinski definition) is 1. The van der Waals surface area contributed by atoms with Crippen LogP contribution in [0, 0.1) is 6.92 Å². The number of carbonyl (C=O) groups excluding carboxylic acids is 2. The second-order valence-electron chi connectivity index (χ2n) is 6.63. The zero-order chi connectivity index (χ0) is 21.3. The molecule has 0 aliphatic rings. The first kappa shape index (κ1) is 21.4. The van der Waals surface area contributed by atoms with Crippen molar-refractivity contribution >= 4 is 22.8 Å². The number of hydrogen-bond acceptors (Lipinski definition) is 6. The Balaban J connectivity index is 1.49. The standard InChI is InChI=1S/C23H25NO6/c1-3-27-14-19-18-9-4-5-10-20(18)30-22(19)23(26)29-15-21(25)24-11-12-28-17-8-6-7-16(2)13-17/h4-10,13H,3,11-12,14-15H2,1-2H3,(H,24,25). The lowest BCUT2D eigenvalue weighted by Crippen LogP contribution is -2.32. The van der Waals surface area contributed by atoms with Crippen molar-refractivity contribution in [3.8, 4) is 5.75 Å². The van der Waals surface area contributed by atoms with E-state index in [1.165, 1.54) is 0 Å². The third kappa shape index (κ3) is 5.61. The normalized spacial score (nSPS) is 10.7. The first-order valence-corrected chi connectivity index (χ1v) is 9.80. The van der Waals surface area contributed by atoms with Crippen LogP contribution in [0.4, 0.5) is 0 Å². The Morgan fingerprint density at radius 3 is 2.73 bits per heavy atom. The molecule has 3 aromatic rings. The van der Waals surface area contributed by atoms with Gasteiger partial charge in [0, 0.05) is 17.6 Å². The molecule has 0 bridgehead atoms. The highest BCUT2D eigenvalue weighted by molar-refractivity contribution is 5.96. The van der Waals surface area contributed by atoms with Gasteiger partial charge in [0.05, 0.1) is 13.2 Å². The third-order valence-corrected chi connectivity index (χ3v) is 4.35. The van der Waals surface area contributed by atoms with Gasteiger partial charge in [-0.2, -0.15) is 0 Å². The summed E-state index contributed by atoms with van der Waals surface area (Å²) in [5.41, 5.74) is 2.28. The van der Waals surface area contributed by atoms with E-state index in [0.29, 0.717) is 30.9 Å². The maximum atomic E-state index is 12.5. The number of rotatable bonds is 10. The summed E-state index contributed by atoms with van der Waals surface area (Å²) in [6.45, 7) is 4.77. The quantitative estimate of drug-likeness (QED) is 0.405. The van der Waals surface area contributed by atoms with Crippen LogP contribution in [-0.4, -0.2) is 38.2 Å². The van der Waals surface area contributed by atoms with Gasteiger partial charge in [-0.15, -0.1) is 0 Å². The van der Waals surface area contributed by atoms with Crippen LogP contribution in [0.3, 0.4) is 0 Å². The fraction of sp³-hybridized carbons (Fsp3) is 0.304. The van der Waals surface area contributed by atoms with Crippen LogP contribution in [-0.2, 0) is 20.9 Å². The van der Waals surface area contributed by atoms with Crippen molar-refractivity contribution in [1.29, 1.82) is 0 Å². The lowest BCUT2D eigenvalue weighted by Gasteiger charge is -2.09. The molecule has 158 valence electrons. The molecule has 3 rings (SSSR count). The van der Waals surface area contributed by atoms with Crippen LogP contribution in [0.1, 0.15) is 28.6 Å². The van der Waals surface area contributed by atoms with E-state index >= 15 is 0 Å². The first-order valence-electron chi connectivity index (χ1n) is 9.80. The molecule has 0 saturated carbocycles. The van der Waals surface area contributed by atoms with E-state index in [2.05, 4.69) is 5.32 Å². The molecule has 30 heavy (non-hydrogen) atoms. The number of carbonyl (C=O) groups is 2. The molecule has 1 N–H and O–H groups in total. The molecule has 2 aromatic carbocycles. The van der Waals surface area contributed by atoms with E-state index in [1.54, 1.807) is 6.07 Å². The van der Waals surface area contributed by atoms with Gasteiger partial charge in [0.2, 0.25) is 5.76 Å². The Labute approximate surface area is 174 Å². The van der Waals surface area contributed by atoms with Gasteiger partial charge in [0.15, 0.2) is 6.61 Å². The van der Waals surface area contributed by atoms with Gasteiger partial charge in [-0.25, -0.2) is 4.79 Å². The maximum absolute atomic E-state index is 12.5. The second kappa shape index (κ2) is 10.5. The van der Waals surface area contributed by atoms with Gasteiger partial charge in [0.25, 0.3) is 5.91 Å². The van der Waals surface area contributed by atoms with Gasteiger partial charge in [-0.05, 0) is 37.6 Å². The Hall–Kier alpha value is -3.32. The largest absolute Gasteiger partial charge is 0.492 e. The molecule has 0 aliphatic heterocycles. The molecule has 0 unspecified atom stereocenters. The van der Waals surface area contributed by atoms with Crippen molar-refractivity contribution in [2.45, 2.75) is 20.5 Å². The van der Waals surface area contributed by atoms with Crippen molar-refractivity contribution < 1.29 is 28.2 Å². The molecule has 1 aromatic heterocycles. The molecule has 0 saturated heterocycles. The van der Waals surface area contributed by atoms with Gasteiger partial charge in [-0.1, -0.05) is 30.3 Å². The molecule has 1 heterocycles. The highest BCUT2D eigenvalue weighted by Gasteiger charge is 2.22. The minimum Gasteiger partial charge on any atom is -0.492 e. The summed E-state index contributed by atoms with van der Waals surface area (Å²) < 4.78 is 21.8. The third-order valence-electron chi connectivity index (χ3n) is 4.35. The number of para-hydroxylation sites is 1. The maximum Gasteiger partial charge on any atom is 0.375 e. The molecule has 0 radical (unpaired) electrons.